The molecule has 156 valence electrons. The first-order valence-electron chi connectivity index (χ1n) is 10.9. The number of hydrogen-bond acceptors (Lipinski definition) is 4. The molecule has 31 heavy (non-hydrogen) atoms. The van der Waals surface area contributed by atoms with Crippen LogP contribution in [0.25, 0.3) is 11.9 Å². The van der Waals surface area contributed by atoms with Crippen LogP contribution < -0.4 is 26.6 Å². The summed E-state index contributed by atoms with van der Waals surface area (Å²) in [6.07, 6.45) is 3.29. The summed E-state index contributed by atoms with van der Waals surface area (Å²) in [5, 5.41) is 6.11. The molecule has 0 radical (unpaired) electrons. The van der Waals surface area contributed by atoms with E-state index in [-0.39, 0.29) is 17.8 Å². The summed E-state index contributed by atoms with van der Waals surface area (Å²) in [5.74, 6) is -0.190. The fourth-order valence-corrected chi connectivity index (χ4v) is 4.95. The van der Waals surface area contributed by atoms with Crippen molar-refractivity contribution < 1.29 is 4.39 Å². The molecule has 1 saturated heterocycles. The van der Waals surface area contributed by atoms with Crippen LogP contribution in [0.1, 0.15) is 35.1 Å². The van der Waals surface area contributed by atoms with Crippen molar-refractivity contribution in [3.63, 3.8) is 0 Å². The molecule has 0 amide bonds. The second-order valence-corrected chi connectivity index (χ2v) is 8.62. The fraction of sp³-hybridized carbons (Fsp3) is 0.231. The third-order valence-electron chi connectivity index (χ3n) is 6.68. The Morgan fingerprint density at radius 3 is 2.42 bits per heavy atom. The quantitative estimate of drug-likeness (QED) is 0.616. The van der Waals surface area contributed by atoms with Gasteiger partial charge in [-0.15, -0.1) is 0 Å². The molecule has 0 aromatic heterocycles. The Hall–Kier alpha value is -3.31. The first-order valence-corrected chi connectivity index (χ1v) is 10.9. The van der Waals surface area contributed by atoms with Gasteiger partial charge in [0.25, 0.3) is 0 Å². The van der Waals surface area contributed by atoms with Gasteiger partial charge in [-0.1, -0.05) is 48.5 Å². The molecular weight excluding hydrogens is 387 g/mol. The molecule has 6 rings (SSSR count). The van der Waals surface area contributed by atoms with Gasteiger partial charge in [0, 0.05) is 28.9 Å². The van der Waals surface area contributed by atoms with Gasteiger partial charge in [-0.3, -0.25) is 4.90 Å². The Morgan fingerprint density at radius 2 is 1.68 bits per heavy atom. The number of likely N-dealkylation sites (tertiary alicyclic amines) is 1. The predicted octanol–water partition coefficient (Wildman–Crippen LogP) is 2.94. The highest BCUT2D eigenvalue weighted by Gasteiger charge is 2.34. The highest BCUT2D eigenvalue weighted by Crippen LogP contribution is 2.40. The summed E-state index contributed by atoms with van der Waals surface area (Å²) in [5.41, 5.74) is 12.5. The third-order valence-corrected chi connectivity index (χ3v) is 6.68. The molecule has 3 aromatic carbocycles. The molecule has 3 aliphatic heterocycles. The van der Waals surface area contributed by atoms with Crippen molar-refractivity contribution in [2.24, 2.45) is 0 Å². The van der Waals surface area contributed by atoms with E-state index in [1.807, 2.05) is 18.3 Å². The monoisotopic (exact) mass is 412 g/mol. The maximum Gasteiger partial charge on any atom is 0.123 e. The fourth-order valence-electron chi connectivity index (χ4n) is 4.95. The predicted molar refractivity (Wildman–Crippen MR) is 122 cm³/mol. The van der Waals surface area contributed by atoms with E-state index in [0.717, 1.165) is 28.7 Å². The van der Waals surface area contributed by atoms with Gasteiger partial charge in [0.1, 0.15) is 5.82 Å². The molecule has 1 fully saturated rings. The topological polar surface area (TPSA) is 39.3 Å². The lowest BCUT2D eigenvalue weighted by molar-refractivity contribution is 0.172. The zero-order chi connectivity index (χ0) is 20.8. The van der Waals surface area contributed by atoms with Gasteiger partial charge >= 0.3 is 0 Å². The molecule has 3 heterocycles. The van der Waals surface area contributed by atoms with Crippen LogP contribution in [0.15, 0.2) is 66.7 Å². The van der Waals surface area contributed by atoms with Crippen molar-refractivity contribution in [1.82, 2.24) is 15.8 Å². The van der Waals surface area contributed by atoms with Crippen LogP contribution in [0.3, 0.4) is 0 Å². The summed E-state index contributed by atoms with van der Waals surface area (Å²) < 4.78 is 13.7. The zero-order valence-corrected chi connectivity index (χ0v) is 17.2. The Bertz CT molecular complexity index is 1230. The standard InChI is InChI=1S/C26H25FN4/c27-21-11-9-18(10-12-21)24-25(19-7-5-17(6-8-19)16-31-13-2-14-31)29-22-4-1-3-20-15-28-30-26(24)23(20)22/h1,3-12,15,24-25,28-30H,2,13-14,16H2. The highest BCUT2D eigenvalue weighted by molar-refractivity contribution is 5.69. The lowest BCUT2D eigenvalue weighted by Crippen LogP contribution is -2.50. The Morgan fingerprint density at radius 1 is 0.903 bits per heavy atom. The van der Waals surface area contributed by atoms with E-state index < -0.39 is 0 Å². The molecule has 3 aliphatic rings. The SMILES string of the molecule is Fc1ccc(C2C3=c4c(cccc4=CNN3)NC2c2ccc(CN3CCC3)cc2)cc1. The van der Waals surface area contributed by atoms with Gasteiger partial charge in [-0.05, 0) is 54.4 Å². The molecule has 0 bridgehead atoms. The first-order chi connectivity index (χ1) is 15.3. The van der Waals surface area contributed by atoms with E-state index in [9.17, 15) is 4.39 Å². The smallest absolute Gasteiger partial charge is 0.123 e. The number of rotatable bonds is 4. The third kappa shape index (κ3) is 3.26. The minimum atomic E-state index is -0.214. The van der Waals surface area contributed by atoms with Crippen LogP contribution >= 0.6 is 0 Å². The largest absolute Gasteiger partial charge is 0.377 e. The van der Waals surface area contributed by atoms with Crippen LogP contribution in [0.2, 0.25) is 0 Å². The number of halogens is 1. The summed E-state index contributed by atoms with van der Waals surface area (Å²) >= 11 is 0. The summed E-state index contributed by atoms with van der Waals surface area (Å²) in [7, 11) is 0. The normalized spacial score (nSPS) is 21.6. The van der Waals surface area contributed by atoms with E-state index in [1.165, 1.54) is 35.9 Å². The van der Waals surface area contributed by atoms with Crippen LogP contribution in [0.4, 0.5) is 10.1 Å². The average Bonchev–Trinajstić information content (AvgIpc) is 2.78. The molecule has 2 atom stereocenters. The number of hydrazine groups is 1. The van der Waals surface area contributed by atoms with E-state index in [1.54, 1.807) is 12.1 Å². The number of nitrogens with one attached hydrogen (secondary N) is 3. The second kappa shape index (κ2) is 7.43. The van der Waals surface area contributed by atoms with E-state index in [0.29, 0.717) is 0 Å². The molecule has 5 heteroatoms. The van der Waals surface area contributed by atoms with Crippen LogP contribution in [-0.2, 0) is 6.54 Å². The van der Waals surface area contributed by atoms with Gasteiger partial charge in [0.2, 0.25) is 0 Å². The van der Waals surface area contributed by atoms with Crippen LogP contribution in [-0.4, -0.2) is 18.0 Å². The minimum Gasteiger partial charge on any atom is -0.377 e. The van der Waals surface area contributed by atoms with Gasteiger partial charge < -0.3 is 16.2 Å². The van der Waals surface area contributed by atoms with Crippen molar-refractivity contribution in [3.05, 3.63) is 99.7 Å². The molecule has 0 aliphatic carbocycles. The molecule has 0 saturated carbocycles. The Kier molecular flexibility index (Phi) is 4.42. The maximum atomic E-state index is 13.7. The molecule has 3 N–H and O–H groups in total. The summed E-state index contributed by atoms with van der Waals surface area (Å²) in [6.45, 7) is 3.42. The molecule has 0 spiro atoms. The lowest BCUT2D eigenvalue weighted by Gasteiger charge is -2.37. The maximum absolute atomic E-state index is 13.7. The van der Waals surface area contributed by atoms with Crippen molar-refractivity contribution >= 4 is 17.6 Å². The summed E-state index contributed by atoms with van der Waals surface area (Å²) in [6, 6.07) is 22.2. The molecule has 4 nitrogen and oxygen atoms in total. The first kappa shape index (κ1) is 18.5. The van der Waals surface area contributed by atoms with Crippen LogP contribution in [0.5, 0.6) is 0 Å². The van der Waals surface area contributed by atoms with E-state index >= 15 is 0 Å². The molecular formula is C26H25FN4. The van der Waals surface area contributed by atoms with Crippen molar-refractivity contribution in [3.8, 4) is 0 Å². The van der Waals surface area contributed by atoms with Gasteiger partial charge in [-0.25, -0.2) is 4.39 Å². The van der Waals surface area contributed by atoms with Crippen molar-refractivity contribution in [2.75, 3.05) is 18.4 Å². The number of hydrogen-bond donors (Lipinski definition) is 3. The Balaban J connectivity index is 1.45. The second-order valence-electron chi connectivity index (χ2n) is 8.62. The number of nitrogens with zero attached hydrogens (tertiary/aromatic N) is 1. The zero-order valence-electron chi connectivity index (χ0n) is 17.2. The summed E-state index contributed by atoms with van der Waals surface area (Å²) in [4.78, 5) is 2.47. The number of anilines is 1. The average molecular weight is 413 g/mol. The Labute approximate surface area is 181 Å². The number of benzene rings is 3. The van der Waals surface area contributed by atoms with Crippen LogP contribution in [0, 0.1) is 5.82 Å². The van der Waals surface area contributed by atoms with Gasteiger partial charge in [0.05, 0.1) is 17.7 Å². The van der Waals surface area contributed by atoms with Gasteiger partial charge in [0.15, 0.2) is 0 Å². The highest BCUT2D eigenvalue weighted by atomic mass is 19.1. The van der Waals surface area contributed by atoms with E-state index in [2.05, 4.69) is 63.5 Å². The lowest BCUT2D eigenvalue weighted by atomic mass is 9.80. The minimum absolute atomic E-state index is 0.0247. The van der Waals surface area contributed by atoms with Crippen molar-refractivity contribution in [2.45, 2.75) is 24.9 Å². The van der Waals surface area contributed by atoms with Gasteiger partial charge in [-0.2, -0.15) is 0 Å². The van der Waals surface area contributed by atoms with E-state index in [4.69, 9.17) is 0 Å². The van der Waals surface area contributed by atoms with Crippen molar-refractivity contribution in [1.29, 1.82) is 0 Å². The molecule has 2 unspecified atom stereocenters. The molecule has 3 aromatic rings.